The second-order valence-corrected chi connectivity index (χ2v) is 8.06. The van der Waals surface area contributed by atoms with Crippen molar-refractivity contribution in [1.82, 2.24) is 9.62 Å². The van der Waals surface area contributed by atoms with E-state index in [1.165, 1.54) is 4.31 Å². The maximum atomic E-state index is 12.8. The van der Waals surface area contributed by atoms with E-state index in [-0.39, 0.29) is 0 Å². The molecule has 4 nitrogen and oxygen atoms in total. The predicted molar refractivity (Wildman–Crippen MR) is 98.3 cm³/mol. The fourth-order valence-corrected chi connectivity index (χ4v) is 3.71. The van der Waals surface area contributed by atoms with Crippen molar-refractivity contribution in [2.45, 2.75) is 38.3 Å². The van der Waals surface area contributed by atoms with Crippen molar-refractivity contribution in [3.05, 3.63) is 65.2 Å². The van der Waals surface area contributed by atoms with E-state index >= 15 is 0 Å². The predicted octanol–water partition coefficient (Wildman–Crippen LogP) is 3.32. The van der Waals surface area contributed by atoms with Gasteiger partial charge in [-0.05, 0) is 48.7 Å². The molecule has 0 aliphatic rings. The third-order valence-corrected chi connectivity index (χ3v) is 5.82. The third kappa shape index (κ3) is 4.66. The van der Waals surface area contributed by atoms with Gasteiger partial charge in [-0.1, -0.05) is 43.3 Å². The quantitative estimate of drug-likeness (QED) is 0.746. The maximum Gasteiger partial charge on any atom is 0.243 e. The molecule has 0 aromatic heterocycles. The highest BCUT2D eigenvalue weighted by atomic mass is 32.2. The van der Waals surface area contributed by atoms with E-state index < -0.39 is 10.0 Å². The van der Waals surface area contributed by atoms with Crippen LogP contribution in [0.5, 0.6) is 0 Å². The fraction of sp³-hybridized carbons (Fsp3) is 0.368. The van der Waals surface area contributed by atoms with Gasteiger partial charge in [-0.25, -0.2) is 8.42 Å². The summed E-state index contributed by atoms with van der Waals surface area (Å²) in [4.78, 5) is 0.347. The standard InChI is InChI=1S/C19H26N2O2S/c1-4-12-20-14-18-13-19(11-10-16(18)2)24(22,23)21(3)15-17-8-6-5-7-9-17/h5-11,13,20H,4,12,14-15H2,1-3H3. The molecule has 5 heteroatoms. The minimum atomic E-state index is -3.50. The molecular weight excluding hydrogens is 320 g/mol. The van der Waals surface area contributed by atoms with Gasteiger partial charge >= 0.3 is 0 Å². The molecule has 24 heavy (non-hydrogen) atoms. The number of nitrogens with zero attached hydrogens (tertiary/aromatic N) is 1. The summed E-state index contributed by atoms with van der Waals surface area (Å²) in [6, 6.07) is 15.0. The summed E-state index contributed by atoms with van der Waals surface area (Å²) in [7, 11) is -1.88. The molecule has 0 amide bonds. The molecule has 0 aliphatic carbocycles. The minimum Gasteiger partial charge on any atom is -0.313 e. The van der Waals surface area contributed by atoms with Gasteiger partial charge in [0.05, 0.1) is 4.90 Å². The Morgan fingerprint density at radius 2 is 1.79 bits per heavy atom. The summed E-state index contributed by atoms with van der Waals surface area (Å²) in [5, 5.41) is 3.33. The molecule has 0 unspecified atom stereocenters. The van der Waals surface area contributed by atoms with E-state index in [1.54, 1.807) is 19.2 Å². The van der Waals surface area contributed by atoms with Crippen molar-refractivity contribution in [3.8, 4) is 0 Å². The molecule has 0 bridgehead atoms. The Morgan fingerprint density at radius 3 is 2.46 bits per heavy atom. The summed E-state index contributed by atoms with van der Waals surface area (Å²) < 4.78 is 27.1. The lowest BCUT2D eigenvalue weighted by atomic mass is 10.1. The van der Waals surface area contributed by atoms with Gasteiger partial charge in [-0.3, -0.25) is 0 Å². The summed E-state index contributed by atoms with van der Waals surface area (Å²) >= 11 is 0. The van der Waals surface area contributed by atoms with E-state index in [0.29, 0.717) is 18.0 Å². The monoisotopic (exact) mass is 346 g/mol. The first-order valence-corrected chi connectivity index (χ1v) is 9.69. The summed E-state index contributed by atoms with van der Waals surface area (Å²) in [6.45, 7) is 6.09. The van der Waals surface area contributed by atoms with Gasteiger partial charge in [0.1, 0.15) is 0 Å². The van der Waals surface area contributed by atoms with Gasteiger partial charge in [0, 0.05) is 20.1 Å². The average molecular weight is 346 g/mol. The molecule has 0 radical (unpaired) electrons. The smallest absolute Gasteiger partial charge is 0.243 e. The molecule has 130 valence electrons. The van der Waals surface area contributed by atoms with Crippen molar-refractivity contribution < 1.29 is 8.42 Å². The lowest BCUT2D eigenvalue weighted by Crippen LogP contribution is -2.26. The SMILES string of the molecule is CCCNCc1cc(S(=O)(=O)N(C)Cc2ccccc2)ccc1C. The van der Waals surface area contributed by atoms with Gasteiger partial charge < -0.3 is 5.32 Å². The Labute approximate surface area is 145 Å². The van der Waals surface area contributed by atoms with Crippen LogP contribution in [0.15, 0.2) is 53.4 Å². The number of hydrogen-bond acceptors (Lipinski definition) is 3. The van der Waals surface area contributed by atoms with Gasteiger partial charge in [-0.2, -0.15) is 4.31 Å². The molecule has 0 saturated heterocycles. The number of sulfonamides is 1. The minimum absolute atomic E-state index is 0.347. The van der Waals surface area contributed by atoms with Crippen LogP contribution in [0.2, 0.25) is 0 Å². The first kappa shape index (κ1) is 18.6. The van der Waals surface area contributed by atoms with Crippen LogP contribution in [0.1, 0.15) is 30.0 Å². The van der Waals surface area contributed by atoms with E-state index in [1.807, 2.05) is 43.3 Å². The van der Waals surface area contributed by atoms with E-state index in [4.69, 9.17) is 0 Å². The molecular formula is C19H26N2O2S. The van der Waals surface area contributed by atoms with Crippen molar-refractivity contribution in [1.29, 1.82) is 0 Å². The van der Waals surface area contributed by atoms with Crippen LogP contribution in [0.4, 0.5) is 0 Å². The number of rotatable bonds is 8. The second kappa shape index (κ2) is 8.42. The van der Waals surface area contributed by atoms with Crippen LogP contribution in [0.3, 0.4) is 0 Å². The zero-order chi connectivity index (χ0) is 17.6. The van der Waals surface area contributed by atoms with E-state index in [0.717, 1.165) is 29.7 Å². The van der Waals surface area contributed by atoms with Crippen molar-refractivity contribution in [2.75, 3.05) is 13.6 Å². The first-order valence-electron chi connectivity index (χ1n) is 8.25. The molecule has 0 heterocycles. The van der Waals surface area contributed by atoms with Crippen molar-refractivity contribution in [2.24, 2.45) is 0 Å². The molecule has 2 rings (SSSR count). The highest BCUT2D eigenvalue weighted by Crippen LogP contribution is 2.20. The van der Waals surface area contributed by atoms with Crippen LogP contribution in [-0.4, -0.2) is 26.3 Å². The zero-order valence-corrected chi connectivity index (χ0v) is 15.4. The number of hydrogen-bond donors (Lipinski definition) is 1. The Kier molecular flexibility index (Phi) is 6.54. The normalized spacial score (nSPS) is 11.8. The topological polar surface area (TPSA) is 49.4 Å². The molecule has 0 atom stereocenters. The molecule has 2 aromatic rings. The van der Waals surface area contributed by atoms with E-state index in [9.17, 15) is 8.42 Å². The van der Waals surface area contributed by atoms with Gasteiger partial charge in [0.25, 0.3) is 0 Å². The Balaban J connectivity index is 2.20. The summed E-state index contributed by atoms with van der Waals surface area (Å²) in [5.41, 5.74) is 3.10. The van der Waals surface area contributed by atoms with Crippen LogP contribution in [0.25, 0.3) is 0 Å². The molecule has 0 saturated carbocycles. The zero-order valence-electron chi connectivity index (χ0n) is 14.6. The summed E-state index contributed by atoms with van der Waals surface area (Å²) in [6.07, 6.45) is 1.05. The lowest BCUT2D eigenvalue weighted by Gasteiger charge is -2.18. The van der Waals surface area contributed by atoms with Crippen molar-refractivity contribution in [3.63, 3.8) is 0 Å². The Morgan fingerprint density at radius 1 is 1.08 bits per heavy atom. The number of benzene rings is 2. The van der Waals surface area contributed by atoms with Crippen LogP contribution >= 0.6 is 0 Å². The Hall–Kier alpha value is -1.69. The largest absolute Gasteiger partial charge is 0.313 e. The highest BCUT2D eigenvalue weighted by molar-refractivity contribution is 7.89. The highest BCUT2D eigenvalue weighted by Gasteiger charge is 2.21. The molecule has 0 aliphatic heterocycles. The fourth-order valence-electron chi connectivity index (χ4n) is 2.50. The lowest BCUT2D eigenvalue weighted by molar-refractivity contribution is 0.466. The molecule has 1 N–H and O–H groups in total. The summed E-state index contributed by atoms with van der Waals surface area (Å²) in [5.74, 6) is 0. The second-order valence-electron chi connectivity index (χ2n) is 6.01. The van der Waals surface area contributed by atoms with Gasteiger partial charge in [0.15, 0.2) is 0 Å². The number of aryl methyl sites for hydroxylation is 1. The van der Waals surface area contributed by atoms with Crippen LogP contribution in [-0.2, 0) is 23.1 Å². The number of nitrogens with one attached hydrogen (secondary N) is 1. The van der Waals surface area contributed by atoms with Crippen molar-refractivity contribution >= 4 is 10.0 Å². The molecule has 2 aromatic carbocycles. The molecule has 0 spiro atoms. The third-order valence-electron chi connectivity index (χ3n) is 4.02. The maximum absolute atomic E-state index is 12.8. The average Bonchev–Trinajstić information content (AvgIpc) is 2.57. The van der Waals surface area contributed by atoms with Crippen LogP contribution in [0, 0.1) is 6.92 Å². The van der Waals surface area contributed by atoms with E-state index in [2.05, 4.69) is 12.2 Å². The van der Waals surface area contributed by atoms with Crippen LogP contribution < -0.4 is 5.32 Å². The molecule has 0 fully saturated rings. The van der Waals surface area contributed by atoms with Gasteiger partial charge in [-0.15, -0.1) is 0 Å². The van der Waals surface area contributed by atoms with Gasteiger partial charge in [0.2, 0.25) is 10.0 Å². The first-order chi connectivity index (χ1) is 11.4. The Bertz CT molecular complexity index is 758.